The van der Waals surface area contributed by atoms with E-state index < -0.39 is 10.0 Å². The Morgan fingerprint density at radius 2 is 1.54 bits per heavy atom. The normalized spacial score (nSPS) is 19.4. The maximum absolute atomic E-state index is 13.3. The Labute approximate surface area is 220 Å². The molecule has 0 unspecified atom stereocenters. The number of sulfonamides is 1. The summed E-state index contributed by atoms with van der Waals surface area (Å²) in [5, 5.41) is 0.948. The summed E-state index contributed by atoms with van der Waals surface area (Å²) in [5.41, 5.74) is 2.02. The number of piperazine rings is 1. The average molecular weight is 523 g/mol. The molecular weight excluding hydrogens is 484 g/mol. The smallest absolute Gasteiger partial charge is 0.243 e. The molecule has 198 valence electrons. The Morgan fingerprint density at radius 3 is 2.22 bits per heavy atom. The summed E-state index contributed by atoms with van der Waals surface area (Å²) >= 11 is 0. The second kappa shape index (κ2) is 11.1. The van der Waals surface area contributed by atoms with E-state index in [1.165, 1.54) is 19.3 Å². The largest absolute Gasteiger partial charge is 0.474 e. The molecule has 1 saturated heterocycles. The molecule has 1 aromatic heterocycles. The van der Waals surface area contributed by atoms with Crippen LogP contribution in [0.2, 0.25) is 0 Å². The summed E-state index contributed by atoms with van der Waals surface area (Å²) < 4.78 is 34.5. The van der Waals surface area contributed by atoms with Crippen molar-refractivity contribution in [2.45, 2.75) is 75.8 Å². The molecule has 8 heteroatoms. The van der Waals surface area contributed by atoms with Gasteiger partial charge in [-0.1, -0.05) is 44.5 Å². The zero-order chi connectivity index (χ0) is 26.0. The van der Waals surface area contributed by atoms with Crippen LogP contribution in [0.4, 0.5) is 0 Å². The van der Waals surface area contributed by atoms with E-state index in [0.717, 1.165) is 35.1 Å². The highest BCUT2D eigenvalue weighted by atomic mass is 32.2. The van der Waals surface area contributed by atoms with Crippen molar-refractivity contribution < 1.29 is 13.2 Å². The van der Waals surface area contributed by atoms with E-state index in [1.54, 1.807) is 16.4 Å². The molecule has 2 aliphatic rings. The molecule has 3 aromatic rings. The number of benzene rings is 2. The van der Waals surface area contributed by atoms with Crippen LogP contribution in [0.5, 0.6) is 5.88 Å². The Bertz CT molecular complexity index is 1310. The highest BCUT2D eigenvalue weighted by molar-refractivity contribution is 7.89. The van der Waals surface area contributed by atoms with E-state index in [0.29, 0.717) is 42.9 Å². The maximum Gasteiger partial charge on any atom is 0.243 e. The third-order valence-corrected chi connectivity index (χ3v) is 9.71. The highest BCUT2D eigenvalue weighted by Crippen LogP contribution is 2.31. The van der Waals surface area contributed by atoms with Gasteiger partial charge in [-0.05, 0) is 68.4 Å². The zero-order valence-electron chi connectivity index (χ0n) is 22.1. The topological polar surface area (TPSA) is 75.6 Å². The van der Waals surface area contributed by atoms with Gasteiger partial charge >= 0.3 is 0 Å². The van der Waals surface area contributed by atoms with Crippen LogP contribution in [0, 0.1) is 0 Å². The van der Waals surface area contributed by atoms with Gasteiger partial charge in [0, 0.05) is 26.2 Å². The molecule has 2 fully saturated rings. The third-order valence-electron chi connectivity index (χ3n) is 7.80. The minimum atomic E-state index is -3.51. The molecule has 0 radical (unpaired) electrons. The van der Waals surface area contributed by atoms with Crippen molar-refractivity contribution in [3.63, 3.8) is 0 Å². The molecule has 1 atom stereocenters. The summed E-state index contributed by atoms with van der Waals surface area (Å²) in [4.78, 5) is 12.4. The second-order valence-corrected chi connectivity index (χ2v) is 12.6. The van der Waals surface area contributed by atoms with Gasteiger partial charge < -0.3 is 4.74 Å². The zero-order valence-corrected chi connectivity index (χ0v) is 23.0. The number of nitrogens with zero attached hydrogens (tertiary/aromatic N) is 4. The Hall–Kier alpha value is -2.55. The van der Waals surface area contributed by atoms with Gasteiger partial charge in [-0.3, -0.25) is 4.90 Å². The van der Waals surface area contributed by atoms with E-state index in [1.807, 2.05) is 36.4 Å². The van der Waals surface area contributed by atoms with Crippen LogP contribution < -0.4 is 4.74 Å². The number of ether oxygens (including phenoxy) is 1. The van der Waals surface area contributed by atoms with Gasteiger partial charge in [0.25, 0.3) is 0 Å². The van der Waals surface area contributed by atoms with Gasteiger partial charge in [0.1, 0.15) is 11.9 Å². The quantitative estimate of drug-likeness (QED) is 0.406. The van der Waals surface area contributed by atoms with Gasteiger partial charge in [-0.2, -0.15) is 9.29 Å². The molecule has 5 rings (SSSR count). The van der Waals surface area contributed by atoms with Gasteiger partial charge in [0.15, 0.2) is 0 Å². The van der Waals surface area contributed by atoms with Crippen LogP contribution in [0.15, 0.2) is 53.4 Å². The molecule has 0 N–H and O–H groups in total. The molecule has 0 spiro atoms. The fourth-order valence-corrected chi connectivity index (χ4v) is 6.77. The van der Waals surface area contributed by atoms with Crippen molar-refractivity contribution >= 4 is 20.9 Å². The molecule has 37 heavy (non-hydrogen) atoms. The first-order valence-corrected chi connectivity index (χ1v) is 15.0. The maximum atomic E-state index is 13.3. The Balaban J connectivity index is 1.30. The van der Waals surface area contributed by atoms with Crippen LogP contribution >= 0.6 is 0 Å². The summed E-state index contributed by atoms with van der Waals surface area (Å²) in [6.07, 6.45) is 6.02. The van der Waals surface area contributed by atoms with E-state index in [-0.39, 0.29) is 12.1 Å². The minimum Gasteiger partial charge on any atom is -0.474 e. The van der Waals surface area contributed by atoms with Gasteiger partial charge in [0.2, 0.25) is 15.9 Å². The number of hydrogen-bond acceptors (Lipinski definition) is 6. The first-order valence-electron chi connectivity index (χ1n) is 13.6. The van der Waals surface area contributed by atoms with Crippen molar-refractivity contribution in [3.05, 3.63) is 59.9 Å². The lowest BCUT2D eigenvalue weighted by molar-refractivity contribution is 0.135. The summed E-state index contributed by atoms with van der Waals surface area (Å²) in [7, 11) is -3.51. The van der Waals surface area contributed by atoms with Gasteiger partial charge in [-0.15, -0.1) is 0 Å². The summed E-state index contributed by atoms with van der Waals surface area (Å²) in [5.74, 6) is 1.77. The number of hydrogen-bond donors (Lipinski definition) is 0. The first-order chi connectivity index (χ1) is 17.8. The summed E-state index contributed by atoms with van der Waals surface area (Å²) in [6.45, 7) is 8.44. The van der Waals surface area contributed by atoms with Crippen LogP contribution in [0.3, 0.4) is 0 Å². The first kappa shape index (κ1) is 26.1. The molecule has 1 aliphatic carbocycles. The van der Waals surface area contributed by atoms with E-state index >= 15 is 0 Å². The lowest BCUT2D eigenvalue weighted by Gasteiger charge is -2.37. The Kier molecular flexibility index (Phi) is 7.79. The second-order valence-electron chi connectivity index (χ2n) is 10.6. The van der Waals surface area contributed by atoms with E-state index in [9.17, 15) is 8.42 Å². The van der Waals surface area contributed by atoms with Crippen LogP contribution in [-0.4, -0.2) is 59.9 Å². The van der Waals surface area contributed by atoms with Crippen molar-refractivity contribution in [2.75, 3.05) is 26.2 Å². The number of para-hydroxylation sites is 1. The highest BCUT2D eigenvalue weighted by Gasteiger charge is 2.31. The van der Waals surface area contributed by atoms with E-state index in [4.69, 9.17) is 14.7 Å². The molecule has 7 nitrogen and oxygen atoms in total. The predicted molar refractivity (Wildman–Crippen MR) is 146 cm³/mol. The molecule has 2 heterocycles. The van der Waals surface area contributed by atoms with Crippen molar-refractivity contribution in [2.24, 2.45) is 0 Å². The number of aromatic nitrogens is 2. The number of fused-ring (bicyclic) bond motifs is 1. The van der Waals surface area contributed by atoms with Crippen LogP contribution in [-0.2, 0) is 10.0 Å². The Morgan fingerprint density at radius 1 is 0.865 bits per heavy atom. The molecule has 2 aromatic carbocycles. The summed E-state index contributed by atoms with van der Waals surface area (Å²) in [6, 6.07) is 15.3. The van der Waals surface area contributed by atoms with Crippen molar-refractivity contribution in [1.29, 1.82) is 0 Å². The lowest BCUT2D eigenvalue weighted by Crippen LogP contribution is -2.49. The standard InChI is InChI=1S/C29H38N4O3S/c1-21(2)23-13-15-25(16-14-23)37(34,35)33-19-17-32(18-20-33)22(3)28-30-27-12-8-7-11-26(27)29(31-28)36-24-9-5-4-6-10-24/h7-8,11-16,21-22,24H,4-6,9-10,17-20H2,1-3H3/t22-/m1/s1. The molecule has 1 saturated carbocycles. The van der Waals surface area contributed by atoms with Crippen LogP contribution in [0.1, 0.15) is 76.2 Å². The van der Waals surface area contributed by atoms with Crippen molar-refractivity contribution in [1.82, 2.24) is 19.2 Å². The van der Waals surface area contributed by atoms with Crippen LogP contribution in [0.25, 0.3) is 10.9 Å². The molecule has 0 bridgehead atoms. The predicted octanol–water partition coefficient (Wildman–Crippen LogP) is 5.53. The SMILES string of the molecule is CC(C)c1ccc(S(=O)(=O)N2CCN([C@H](C)c3nc(OC4CCCCC4)c4ccccc4n3)CC2)cc1. The average Bonchev–Trinajstić information content (AvgIpc) is 2.93. The van der Waals surface area contributed by atoms with Gasteiger partial charge in [0.05, 0.1) is 21.8 Å². The fourth-order valence-electron chi connectivity index (χ4n) is 5.35. The molecule has 1 aliphatic heterocycles. The minimum absolute atomic E-state index is 0.0477. The monoisotopic (exact) mass is 522 g/mol. The number of rotatable bonds is 7. The molecular formula is C29H38N4O3S. The van der Waals surface area contributed by atoms with E-state index in [2.05, 4.69) is 25.7 Å². The van der Waals surface area contributed by atoms with Crippen molar-refractivity contribution in [3.8, 4) is 5.88 Å². The van der Waals surface area contributed by atoms with Gasteiger partial charge in [-0.25, -0.2) is 13.4 Å². The fraction of sp³-hybridized carbons (Fsp3) is 0.517. The molecule has 0 amide bonds. The third kappa shape index (κ3) is 5.66. The lowest BCUT2D eigenvalue weighted by atomic mass is 9.98.